The minimum Gasteiger partial charge on any atom is -0.491 e. The maximum absolute atomic E-state index is 12.6. The van der Waals surface area contributed by atoms with Crippen LogP contribution in [0.3, 0.4) is 0 Å². The largest absolute Gasteiger partial charge is 0.491 e. The normalized spacial score (nSPS) is 11.9. The third-order valence-corrected chi connectivity index (χ3v) is 4.65. The predicted molar refractivity (Wildman–Crippen MR) is 125 cm³/mol. The summed E-state index contributed by atoms with van der Waals surface area (Å²) < 4.78 is 12.1. The van der Waals surface area contributed by atoms with Crippen LogP contribution in [0.2, 0.25) is 0 Å². The Morgan fingerprint density at radius 1 is 1.00 bits per heavy atom. The van der Waals surface area contributed by atoms with E-state index < -0.39 is 0 Å². The molecule has 2 rings (SSSR count). The molecule has 2 aromatic carbocycles. The third kappa shape index (κ3) is 5.99. The molecule has 0 heterocycles. The van der Waals surface area contributed by atoms with Crippen molar-refractivity contribution in [3.05, 3.63) is 71.8 Å². The van der Waals surface area contributed by atoms with Gasteiger partial charge in [-0.1, -0.05) is 19.9 Å². The van der Waals surface area contributed by atoms with Gasteiger partial charge in [0.05, 0.1) is 12.2 Å². The van der Waals surface area contributed by atoms with Gasteiger partial charge in [0.1, 0.15) is 11.5 Å². The fourth-order valence-corrected chi connectivity index (χ4v) is 2.94. The van der Waals surface area contributed by atoms with Gasteiger partial charge >= 0.3 is 0 Å². The zero-order chi connectivity index (χ0) is 22.5. The number of ketones is 1. The number of anilines is 1. The van der Waals surface area contributed by atoms with Crippen LogP contribution in [-0.4, -0.2) is 18.0 Å². The first-order chi connectivity index (χ1) is 14.0. The fourth-order valence-electron chi connectivity index (χ4n) is 2.94. The minimum atomic E-state index is -0.315. The highest BCUT2D eigenvalue weighted by Crippen LogP contribution is 2.39. The van der Waals surface area contributed by atoms with Crippen molar-refractivity contribution in [2.24, 2.45) is 0 Å². The molecule has 0 amide bonds. The van der Waals surface area contributed by atoms with Crippen LogP contribution < -0.4 is 15.2 Å². The van der Waals surface area contributed by atoms with Crippen LogP contribution in [0.5, 0.6) is 11.5 Å². The zero-order valence-electron chi connectivity index (χ0n) is 18.9. The molecule has 0 unspecified atom stereocenters. The van der Waals surface area contributed by atoms with Crippen LogP contribution in [0.25, 0.3) is 6.08 Å². The first kappa shape index (κ1) is 23.3. The second kappa shape index (κ2) is 9.66. The molecule has 0 saturated carbocycles. The molecule has 0 aromatic heterocycles. The Morgan fingerprint density at radius 3 is 2.10 bits per heavy atom. The Labute approximate surface area is 180 Å². The quantitative estimate of drug-likeness (QED) is 0.233. The van der Waals surface area contributed by atoms with Crippen molar-refractivity contribution in [1.29, 1.82) is 0 Å². The second-order valence-corrected chi connectivity index (χ2v) is 8.46. The Balaban J connectivity index is 2.54. The van der Waals surface area contributed by atoms with Crippen LogP contribution in [0.4, 0.5) is 5.69 Å². The summed E-state index contributed by atoms with van der Waals surface area (Å²) in [6, 6.07) is 10.8. The molecule has 0 radical (unpaired) electrons. The number of rotatable bonds is 9. The van der Waals surface area contributed by atoms with E-state index in [2.05, 4.69) is 20.4 Å². The van der Waals surface area contributed by atoms with Gasteiger partial charge in [-0.3, -0.25) is 4.79 Å². The van der Waals surface area contributed by atoms with Gasteiger partial charge < -0.3 is 15.2 Å². The van der Waals surface area contributed by atoms with Gasteiger partial charge in [-0.05, 0) is 70.2 Å². The molecular weight excluding hydrogens is 374 g/mol. The lowest BCUT2D eigenvalue weighted by Crippen LogP contribution is -2.18. The standard InChI is InChI=1S/C26H33NO3/c1-8-26(6,7)22-15-20(11-14-23(28)19-9-12-21(27)13-10-19)24(29-17(2)3)16-25(22)30-18(4)5/h8-18H,1,27H2,2-7H3/b14-11+. The molecule has 0 saturated heterocycles. The van der Waals surface area contributed by atoms with Crippen LogP contribution >= 0.6 is 0 Å². The van der Waals surface area contributed by atoms with Crippen molar-refractivity contribution in [2.45, 2.75) is 59.2 Å². The Morgan fingerprint density at radius 2 is 1.57 bits per heavy atom. The molecule has 0 aliphatic heterocycles. The Bertz CT molecular complexity index is 922. The summed E-state index contributed by atoms with van der Waals surface area (Å²) in [6.45, 7) is 16.1. The molecule has 0 atom stereocenters. The van der Waals surface area contributed by atoms with E-state index in [-0.39, 0.29) is 23.4 Å². The van der Waals surface area contributed by atoms with Crippen molar-refractivity contribution in [2.75, 3.05) is 5.73 Å². The van der Waals surface area contributed by atoms with Gasteiger partial charge in [0.2, 0.25) is 0 Å². The molecule has 0 fully saturated rings. The third-order valence-electron chi connectivity index (χ3n) is 4.65. The summed E-state index contributed by atoms with van der Waals surface area (Å²) >= 11 is 0. The number of ether oxygens (including phenoxy) is 2. The van der Waals surface area contributed by atoms with Gasteiger partial charge in [0.15, 0.2) is 5.78 Å². The van der Waals surface area contributed by atoms with Crippen LogP contribution in [-0.2, 0) is 5.41 Å². The van der Waals surface area contributed by atoms with E-state index in [1.54, 1.807) is 36.4 Å². The van der Waals surface area contributed by atoms with E-state index in [0.717, 1.165) is 16.9 Å². The maximum atomic E-state index is 12.6. The summed E-state index contributed by atoms with van der Waals surface area (Å²) in [7, 11) is 0. The van der Waals surface area contributed by atoms with E-state index in [1.165, 1.54) is 0 Å². The van der Waals surface area contributed by atoms with Crippen molar-refractivity contribution in [3.8, 4) is 11.5 Å². The van der Waals surface area contributed by atoms with E-state index in [4.69, 9.17) is 15.2 Å². The Hall–Kier alpha value is -3.01. The first-order valence-electron chi connectivity index (χ1n) is 10.3. The molecule has 160 valence electrons. The number of hydrogen-bond acceptors (Lipinski definition) is 4. The minimum absolute atomic E-state index is 0.0183. The molecule has 0 aliphatic carbocycles. The number of nitrogen functional groups attached to an aromatic ring is 1. The van der Waals surface area contributed by atoms with Crippen molar-refractivity contribution < 1.29 is 14.3 Å². The molecule has 0 bridgehead atoms. The molecule has 2 N–H and O–H groups in total. The zero-order valence-corrected chi connectivity index (χ0v) is 18.9. The number of allylic oxidation sites excluding steroid dienone is 2. The summed E-state index contributed by atoms with van der Waals surface area (Å²) in [5.74, 6) is 1.33. The van der Waals surface area contributed by atoms with Gasteiger partial charge in [0.25, 0.3) is 0 Å². The monoisotopic (exact) mass is 407 g/mol. The SMILES string of the molecule is C=CC(C)(C)c1cc(/C=C/C(=O)c2ccc(N)cc2)c(OC(C)C)cc1OC(C)C. The van der Waals surface area contributed by atoms with Crippen molar-refractivity contribution >= 4 is 17.5 Å². The van der Waals surface area contributed by atoms with Gasteiger partial charge in [-0.15, -0.1) is 6.58 Å². The fraction of sp³-hybridized carbons (Fsp3) is 0.346. The predicted octanol–water partition coefficient (Wildman–Crippen LogP) is 6.20. The Kier molecular flexibility index (Phi) is 7.49. The number of hydrogen-bond donors (Lipinski definition) is 1. The molecular formula is C26H33NO3. The highest BCUT2D eigenvalue weighted by molar-refractivity contribution is 6.07. The lowest BCUT2D eigenvalue weighted by atomic mass is 9.83. The van der Waals surface area contributed by atoms with E-state index in [1.807, 2.05) is 45.9 Å². The number of carbonyl (C=O) groups is 1. The highest BCUT2D eigenvalue weighted by atomic mass is 16.5. The van der Waals surface area contributed by atoms with Crippen LogP contribution in [0, 0.1) is 0 Å². The van der Waals surface area contributed by atoms with Crippen LogP contribution in [0.1, 0.15) is 63.0 Å². The molecule has 4 heteroatoms. The molecule has 0 aliphatic rings. The van der Waals surface area contributed by atoms with Crippen LogP contribution in [0.15, 0.2) is 55.1 Å². The van der Waals surface area contributed by atoms with Crippen molar-refractivity contribution in [1.82, 2.24) is 0 Å². The number of nitrogens with two attached hydrogens (primary N) is 1. The molecule has 4 nitrogen and oxygen atoms in total. The molecule has 2 aromatic rings. The number of benzene rings is 2. The van der Waals surface area contributed by atoms with Gasteiger partial charge in [-0.2, -0.15) is 0 Å². The lowest BCUT2D eigenvalue weighted by molar-refractivity contribution is 0.104. The van der Waals surface area contributed by atoms with E-state index in [9.17, 15) is 4.79 Å². The summed E-state index contributed by atoms with van der Waals surface area (Å²) in [5, 5.41) is 0. The number of carbonyl (C=O) groups excluding carboxylic acids is 1. The molecule has 0 spiro atoms. The van der Waals surface area contributed by atoms with Crippen molar-refractivity contribution in [3.63, 3.8) is 0 Å². The summed E-state index contributed by atoms with van der Waals surface area (Å²) in [5.41, 5.74) is 8.40. The highest BCUT2D eigenvalue weighted by Gasteiger charge is 2.24. The van der Waals surface area contributed by atoms with E-state index in [0.29, 0.717) is 17.0 Å². The van der Waals surface area contributed by atoms with E-state index >= 15 is 0 Å². The smallest absolute Gasteiger partial charge is 0.185 e. The average Bonchev–Trinajstić information content (AvgIpc) is 2.66. The first-order valence-corrected chi connectivity index (χ1v) is 10.3. The van der Waals surface area contributed by atoms with Gasteiger partial charge in [-0.25, -0.2) is 0 Å². The second-order valence-electron chi connectivity index (χ2n) is 8.46. The average molecular weight is 408 g/mol. The summed E-state index contributed by atoms with van der Waals surface area (Å²) in [4.78, 5) is 12.6. The summed E-state index contributed by atoms with van der Waals surface area (Å²) in [6.07, 6.45) is 5.24. The molecule has 30 heavy (non-hydrogen) atoms. The van der Waals surface area contributed by atoms with Gasteiger partial charge in [0, 0.05) is 33.9 Å². The lowest BCUT2D eigenvalue weighted by Gasteiger charge is -2.27. The topological polar surface area (TPSA) is 61.6 Å². The maximum Gasteiger partial charge on any atom is 0.185 e.